The van der Waals surface area contributed by atoms with Gasteiger partial charge in [-0.05, 0) is 31.6 Å². The van der Waals surface area contributed by atoms with Gasteiger partial charge in [0.15, 0.2) is 0 Å². The molecule has 0 amide bonds. The summed E-state index contributed by atoms with van der Waals surface area (Å²) in [4.78, 5) is 21.0. The van der Waals surface area contributed by atoms with Gasteiger partial charge < -0.3 is 19.2 Å². The van der Waals surface area contributed by atoms with Gasteiger partial charge in [-0.25, -0.2) is 9.97 Å². The zero-order chi connectivity index (χ0) is 22.7. The summed E-state index contributed by atoms with van der Waals surface area (Å²) < 4.78 is 4.47. The molecule has 182 valence electrons. The molecule has 0 atom stereocenters. The van der Waals surface area contributed by atoms with Crippen LogP contribution in [0.2, 0.25) is 0 Å². The molecule has 7 nitrogen and oxygen atoms in total. The molecule has 0 unspecified atom stereocenters. The number of carbonyl (C=O) groups excluding carboxylic acids is 1. The lowest BCUT2D eigenvalue weighted by atomic mass is 9.89. The van der Waals surface area contributed by atoms with Gasteiger partial charge in [0.2, 0.25) is 0 Å². The van der Waals surface area contributed by atoms with E-state index in [0.717, 1.165) is 57.8 Å². The first kappa shape index (κ1) is 24.1. The second-order valence-corrected chi connectivity index (χ2v) is 10.1. The number of hydrogen-bond donors (Lipinski definition) is 1. The van der Waals surface area contributed by atoms with Crippen LogP contribution in [0.4, 0.5) is 0 Å². The summed E-state index contributed by atoms with van der Waals surface area (Å²) >= 11 is 0. The number of aldehydes is 1. The molecule has 2 aromatic heterocycles. The van der Waals surface area contributed by atoms with Crippen molar-refractivity contribution in [2.75, 3.05) is 19.6 Å². The Morgan fingerprint density at radius 1 is 0.848 bits per heavy atom. The first-order chi connectivity index (χ1) is 16.3. The molecule has 4 aliphatic rings. The molecule has 33 heavy (non-hydrogen) atoms. The highest BCUT2D eigenvalue weighted by atomic mass is 16.1. The van der Waals surface area contributed by atoms with E-state index in [1.54, 1.807) is 0 Å². The van der Waals surface area contributed by atoms with Crippen LogP contribution in [0.25, 0.3) is 0 Å². The van der Waals surface area contributed by atoms with Gasteiger partial charge in [-0.15, -0.1) is 0 Å². The Labute approximate surface area is 199 Å². The van der Waals surface area contributed by atoms with E-state index >= 15 is 0 Å². The number of imidazole rings is 2. The van der Waals surface area contributed by atoms with Crippen molar-refractivity contribution in [1.29, 1.82) is 0 Å². The normalized spacial score (nSPS) is 21.6. The third-order valence-electron chi connectivity index (χ3n) is 7.56. The molecule has 2 aliphatic heterocycles. The molecule has 2 aromatic rings. The molecule has 0 saturated heterocycles. The Morgan fingerprint density at radius 3 is 2.18 bits per heavy atom. The average molecular weight is 455 g/mol. The van der Waals surface area contributed by atoms with E-state index in [1.165, 1.54) is 75.8 Å². The number of aromatic nitrogens is 4. The average Bonchev–Trinajstić information content (AvgIpc) is 3.55. The van der Waals surface area contributed by atoms with Crippen LogP contribution in [0.3, 0.4) is 0 Å². The smallest absolute Gasteiger partial charge is 0.123 e. The fourth-order valence-corrected chi connectivity index (χ4v) is 5.51. The summed E-state index contributed by atoms with van der Waals surface area (Å²) in [5.74, 6) is 1.37. The quantitative estimate of drug-likeness (QED) is 0.709. The summed E-state index contributed by atoms with van der Waals surface area (Å²) in [7, 11) is 0. The monoisotopic (exact) mass is 454 g/mol. The number of fused-ring (bicyclic) bond motifs is 2. The molecule has 0 radical (unpaired) electrons. The van der Waals surface area contributed by atoms with Crippen LogP contribution in [-0.2, 0) is 31.0 Å². The van der Waals surface area contributed by atoms with Gasteiger partial charge in [-0.2, -0.15) is 0 Å². The van der Waals surface area contributed by atoms with E-state index in [9.17, 15) is 4.79 Å². The van der Waals surface area contributed by atoms with E-state index < -0.39 is 0 Å². The van der Waals surface area contributed by atoms with Crippen LogP contribution in [0, 0.1) is 11.8 Å². The van der Waals surface area contributed by atoms with Crippen molar-refractivity contribution in [2.45, 2.75) is 90.4 Å². The van der Waals surface area contributed by atoms with E-state index in [4.69, 9.17) is 0 Å². The van der Waals surface area contributed by atoms with Gasteiger partial charge in [-0.3, -0.25) is 4.90 Å². The van der Waals surface area contributed by atoms with Crippen molar-refractivity contribution in [1.82, 2.24) is 29.3 Å². The molecule has 7 heteroatoms. The lowest BCUT2D eigenvalue weighted by molar-refractivity contribution is -0.111. The topological polar surface area (TPSA) is 68.0 Å². The molecule has 6 rings (SSSR count). The SMILES string of the molecule is O=CC1CCCCC1.c1ncn2c1CN(CC1CCCCC1)CC2.c1ncn2c1CNCC2. The second kappa shape index (κ2) is 13.0. The van der Waals surface area contributed by atoms with Crippen molar-refractivity contribution in [3.63, 3.8) is 0 Å². The lowest BCUT2D eigenvalue weighted by Gasteiger charge is -2.32. The minimum Gasteiger partial charge on any atom is -0.332 e. The maximum Gasteiger partial charge on any atom is 0.123 e. The molecule has 2 fully saturated rings. The summed E-state index contributed by atoms with van der Waals surface area (Å²) in [6.07, 6.45) is 22.3. The standard InChI is InChI=1S/C13H21N3.C7H12O.C6H9N3/c1-2-4-12(5-3-1)9-15-6-7-16-11-14-8-13(16)10-15;8-6-7-4-2-1-3-5-7;1-2-9-5-8-4-6(9)3-7-1/h8,11-12H,1-7,9-10H2;6-7H,1-5H2;4-5,7H,1-3H2. The van der Waals surface area contributed by atoms with Gasteiger partial charge >= 0.3 is 0 Å². The van der Waals surface area contributed by atoms with Gasteiger partial charge in [0.1, 0.15) is 6.29 Å². The zero-order valence-electron chi connectivity index (χ0n) is 20.2. The summed E-state index contributed by atoms with van der Waals surface area (Å²) in [5, 5.41) is 3.27. The van der Waals surface area contributed by atoms with Gasteiger partial charge in [-0.1, -0.05) is 38.5 Å². The van der Waals surface area contributed by atoms with E-state index in [2.05, 4.69) is 29.3 Å². The van der Waals surface area contributed by atoms with Crippen LogP contribution in [0.15, 0.2) is 25.0 Å². The Hall–Kier alpha value is -1.99. The van der Waals surface area contributed by atoms with E-state index in [-0.39, 0.29) is 0 Å². The number of hydrogen-bond acceptors (Lipinski definition) is 5. The Kier molecular flexibility index (Phi) is 9.54. The largest absolute Gasteiger partial charge is 0.332 e. The minimum absolute atomic E-state index is 0.406. The Morgan fingerprint density at radius 2 is 1.52 bits per heavy atom. The van der Waals surface area contributed by atoms with Crippen LogP contribution < -0.4 is 5.32 Å². The number of rotatable bonds is 3. The lowest BCUT2D eigenvalue weighted by Crippen LogP contribution is -2.37. The Bertz CT molecular complexity index is 798. The predicted molar refractivity (Wildman–Crippen MR) is 131 cm³/mol. The van der Waals surface area contributed by atoms with Crippen molar-refractivity contribution < 1.29 is 4.79 Å². The van der Waals surface area contributed by atoms with E-state index in [0.29, 0.717) is 5.92 Å². The maximum absolute atomic E-state index is 10.2. The third kappa shape index (κ3) is 7.51. The maximum atomic E-state index is 10.2. The molecular weight excluding hydrogens is 412 g/mol. The van der Waals surface area contributed by atoms with Crippen molar-refractivity contribution >= 4 is 6.29 Å². The fourth-order valence-electron chi connectivity index (χ4n) is 5.51. The molecular formula is C26H42N6O. The van der Waals surface area contributed by atoms with E-state index in [1.807, 2.05) is 25.0 Å². The van der Waals surface area contributed by atoms with Crippen molar-refractivity contribution in [2.24, 2.45) is 11.8 Å². The van der Waals surface area contributed by atoms with Crippen LogP contribution in [0.5, 0.6) is 0 Å². The van der Waals surface area contributed by atoms with Gasteiger partial charge in [0.25, 0.3) is 0 Å². The highest BCUT2D eigenvalue weighted by Gasteiger charge is 2.21. The van der Waals surface area contributed by atoms with Gasteiger partial charge in [0, 0.05) is 64.1 Å². The zero-order valence-corrected chi connectivity index (χ0v) is 20.2. The first-order valence-corrected chi connectivity index (χ1v) is 13.2. The highest BCUT2D eigenvalue weighted by molar-refractivity contribution is 5.53. The molecule has 2 saturated carbocycles. The molecule has 2 aliphatic carbocycles. The minimum atomic E-state index is 0.406. The molecule has 0 bridgehead atoms. The highest BCUT2D eigenvalue weighted by Crippen LogP contribution is 2.25. The molecule has 0 aromatic carbocycles. The third-order valence-corrected chi connectivity index (χ3v) is 7.56. The second-order valence-electron chi connectivity index (χ2n) is 10.1. The number of nitrogens with zero attached hydrogens (tertiary/aromatic N) is 5. The van der Waals surface area contributed by atoms with Crippen molar-refractivity contribution in [3.8, 4) is 0 Å². The van der Waals surface area contributed by atoms with Crippen LogP contribution >= 0.6 is 0 Å². The van der Waals surface area contributed by atoms with Crippen LogP contribution in [0.1, 0.15) is 75.6 Å². The Balaban J connectivity index is 0.000000129. The molecule has 4 heterocycles. The molecule has 0 spiro atoms. The first-order valence-electron chi connectivity index (χ1n) is 13.2. The number of nitrogens with one attached hydrogen (secondary N) is 1. The number of carbonyl (C=O) groups is 1. The summed E-state index contributed by atoms with van der Waals surface area (Å²) in [5.41, 5.74) is 2.68. The summed E-state index contributed by atoms with van der Waals surface area (Å²) in [6, 6.07) is 0. The predicted octanol–water partition coefficient (Wildman–Crippen LogP) is 4.03. The van der Waals surface area contributed by atoms with Crippen LogP contribution in [-0.4, -0.2) is 49.9 Å². The van der Waals surface area contributed by atoms with Crippen molar-refractivity contribution in [3.05, 3.63) is 36.4 Å². The fraction of sp³-hybridized carbons (Fsp3) is 0.731. The summed E-state index contributed by atoms with van der Waals surface area (Å²) in [6.45, 7) is 7.86. The molecule has 1 N–H and O–H groups in total. The van der Waals surface area contributed by atoms with Gasteiger partial charge in [0.05, 0.1) is 24.0 Å².